The second-order valence-electron chi connectivity index (χ2n) is 11.3. The Bertz CT molecular complexity index is 1420. The molecule has 0 spiro atoms. The van der Waals surface area contributed by atoms with Crippen molar-refractivity contribution in [2.45, 2.75) is 56.1 Å². The van der Waals surface area contributed by atoms with Crippen LogP contribution in [0.1, 0.15) is 44.1 Å². The molecule has 0 radical (unpaired) electrons. The number of rotatable bonds is 6. The van der Waals surface area contributed by atoms with Crippen molar-refractivity contribution in [2.75, 3.05) is 5.75 Å². The summed E-state index contributed by atoms with van der Waals surface area (Å²) in [5.74, 6) is 3.68. The number of aromatic nitrogens is 4. The summed E-state index contributed by atoms with van der Waals surface area (Å²) in [5, 5.41) is 14.5. The van der Waals surface area contributed by atoms with Crippen LogP contribution in [0.25, 0.3) is 28.0 Å². The van der Waals surface area contributed by atoms with E-state index in [2.05, 4.69) is 68.4 Å². The summed E-state index contributed by atoms with van der Waals surface area (Å²) in [6.45, 7) is 2.09. The summed E-state index contributed by atoms with van der Waals surface area (Å²) >= 11 is 1.48. The Kier molecular flexibility index (Phi) is 5.24. The standard InChI is InChI=1S/C29H31N5OS/c1-18-5-4-6-22(9-18)34-27(24-16-30-25-8-3-2-7-23(24)25)32-33-28(34)36-17-26(35)31-29-13-19-10-20(14-29)12-21(11-19)15-29/h2-9,16,19-21,30H,10-15,17H2,1H3,(H,31,35). The molecule has 4 aliphatic rings. The lowest BCUT2D eigenvalue weighted by Gasteiger charge is -2.56. The molecule has 2 heterocycles. The minimum absolute atomic E-state index is 0.0335. The zero-order valence-corrected chi connectivity index (χ0v) is 21.4. The van der Waals surface area contributed by atoms with Crippen LogP contribution in [0, 0.1) is 24.7 Å². The fourth-order valence-electron chi connectivity index (χ4n) is 7.52. The molecule has 2 aromatic carbocycles. The smallest absolute Gasteiger partial charge is 0.230 e. The Morgan fingerprint density at radius 1 is 1.06 bits per heavy atom. The van der Waals surface area contributed by atoms with Crippen molar-refractivity contribution in [2.24, 2.45) is 17.8 Å². The highest BCUT2D eigenvalue weighted by atomic mass is 32.2. The molecule has 36 heavy (non-hydrogen) atoms. The quantitative estimate of drug-likeness (QED) is 0.325. The van der Waals surface area contributed by atoms with Crippen LogP contribution in [0.3, 0.4) is 0 Å². The fraction of sp³-hybridized carbons (Fsp3) is 0.414. The maximum atomic E-state index is 13.2. The number of aromatic amines is 1. The molecule has 7 heteroatoms. The molecule has 0 saturated heterocycles. The largest absolute Gasteiger partial charge is 0.360 e. The highest BCUT2D eigenvalue weighted by molar-refractivity contribution is 7.99. The molecule has 2 aromatic heterocycles. The van der Waals surface area contributed by atoms with Crippen LogP contribution in [-0.2, 0) is 4.79 Å². The minimum Gasteiger partial charge on any atom is -0.360 e. The lowest BCUT2D eigenvalue weighted by Crippen LogP contribution is -2.60. The molecule has 2 N–H and O–H groups in total. The number of aryl methyl sites for hydroxylation is 1. The Morgan fingerprint density at radius 3 is 2.56 bits per heavy atom. The molecule has 1 amide bonds. The molecule has 0 unspecified atom stereocenters. The average molecular weight is 498 g/mol. The second kappa shape index (κ2) is 8.51. The van der Waals surface area contributed by atoms with Gasteiger partial charge in [0.25, 0.3) is 0 Å². The van der Waals surface area contributed by atoms with Gasteiger partial charge in [-0.1, -0.05) is 42.1 Å². The first-order chi connectivity index (χ1) is 17.6. The topological polar surface area (TPSA) is 75.6 Å². The van der Waals surface area contributed by atoms with E-state index in [1.165, 1.54) is 55.9 Å². The number of nitrogens with zero attached hydrogens (tertiary/aromatic N) is 3. The van der Waals surface area contributed by atoms with E-state index >= 15 is 0 Å². The lowest BCUT2D eigenvalue weighted by atomic mass is 9.53. The molecule has 6 nitrogen and oxygen atoms in total. The van der Waals surface area contributed by atoms with Gasteiger partial charge in [0.2, 0.25) is 5.91 Å². The van der Waals surface area contributed by atoms with E-state index in [9.17, 15) is 4.79 Å². The van der Waals surface area contributed by atoms with Gasteiger partial charge in [-0.25, -0.2) is 0 Å². The van der Waals surface area contributed by atoms with E-state index in [1.54, 1.807) is 0 Å². The van der Waals surface area contributed by atoms with Crippen molar-refractivity contribution in [1.29, 1.82) is 0 Å². The number of H-pyrrole nitrogens is 1. The van der Waals surface area contributed by atoms with Gasteiger partial charge in [0.05, 0.1) is 5.75 Å². The second-order valence-corrected chi connectivity index (χ2v) is 12.2. The lowest BCUT2D eigenvalue weighted by molar-refractivity contribution is -0.124. The van der Waals surface area contributed by atoms with Crippen LogP contribution in [0.2, 0.25) is 0 Å². The minimum atomic E-state index is 0.0335. The number of fused-ring (bicyclic) bond motifs is 1. The Hall–Kier alpha value is -3.06. The molecule has 0 aliphatic heterocycles. The van der Waals surface area contributed by atoms with Crippen LogP contribution in [-0.4, -0.2) is 36.9 Å². The van der Waals surface area contributed by atoms with Gasteiger partial charge in [-0.05, 0) is 87.0 Å². The first kappa shape index (κ1) is 22.2. The summed E-state index contributed by atoms with van der Waals surface area (Å²) in [6, 6.07) is 16.6. The van der Waals surface area contributed by atoms with Gasteiger partial charge in [-0.2, -0.15) is 0 Å². The SMILES string of the molecule is Cc1cccc(-n2c(SCC(=O)NC34CC5CC(CC(C5)C3)C4)nnc2-c2c[nH]c3ccccc23)c1. The van der Waals surface area contributed by atoms with Gasteiger partial charge in [0, 0.05) is 33.9 Å². The van der Waals surface area contributed by atoms with Crippen molar-refractivity contribution < 1.29 is 4.79 Å². The summed E-state index contributed by atoms with van der Waals surface area (Å²) < 4.78 is 2.09. The average Bonchev–Trinajstić information content (AvgIpc) is 3.45. The highest BCUT2D eigenvalue weighted by Crippen LogP contribution is 2.55. The number of nitrogens with one attached hydrogen (secondary N) is 2. The normalized spacial score (nSPS) is 26.5. The van der Waals surface area contributed by atoms with Gasteiger partial charge in [-0.3, -0.25) is 9.36 Å². The number of hydrogen-bond donors (Lipinski definition) is 2. The summed E-state index contributed by atoms with van der Waals surface area (Å²) in [5.41, 5.74) is 4.28. The molecule has 4 aliphatic carbocycles. The Balaban J connectivity index is 1.17. The summed E-state index contributed by atoms with van der Waals surface area (Å²) in [4.78, 5) is 16.6. The van der Waals surface area contributed by atoms with Crippen molar-refractivity contribution in [3.63, 3.8) is 0 Å². The van der Waals surface area contributed by atoms with E-state index in [4.69, 9.17) is 0 Å². The molecule has 4 aromatic rings. The maximum Gasteiger partial charge on any atom is 0.230 e. The number of carbonyl (C=O) groups excluding carboxylic acids is 1. The molecular weight excluding hydrogens is 466 g/mol. The number of hydrogen-bond acceptors (Lipinski definition) is 4. The summed E-state index contributed by atoms with van der Waals surface area (Å²) in [7, 11) is 0. The van der Waals surface area contributed by atoms with Gasteiger partial charge >= 0.3 is 0 Å². The number of para-hydroxylation sites is 1. The highest BCUT2D eigenvalue weighted by Gasteiger charge is 2.51. The van der Waals surface area contributed by atoms with Crippen LogP contribution >= 0.6 is 11.8 Å². The molecule has 8 rings (SSSR count). The van der Waals surface area contributed by atoms with Crippen molar-refractivity contribution in [3.05, 3.63) is 60.3 Å². The molecule has 184 valence electrons. The van der Waals surface area contributed by atoms with E-state index in [-0.39, 0.29) is 11.4 Å². The fourth-order valence-corrected chi connectivity index (χ4v) is 8.27. The zero-order chi connectivity index (χ0) is 24.3. The Morgan fingerprint density at radius 2 is 1.81 bits per heavy atom. The van der Waals surface area contributed by atoms with E-state index < -0.39 is 0 Å². The van der Waals surface area contributed by atoms with Gasteiger partial charge in [-0.15, -0.1) is 10.2 Å². The predicted octanol–water partition coefficient (Wildman–Crippen LogP) is 5.90. The van der Waals surface area contributed by atoms with E-state index in [1.807, 2.05) is 18.3 Å². The zero-order valence-electron chi connectivity index (χ0n) is 20.5. The summed E-state index contributed by atoms with van der Waals surface area (Å²) in [6.07, 6.45) is 9.62. The van der Waals surface area contributed by atoms with Crippen LogP contribution in [0.15, 0.2) is 59.9 Å². The van der Waals surface area contributed by atoms with E-state index in [0.717, 1.165) is 50.9 Å². The van der Waals surface area contributed by atoms with Gasteiger partial charge in [0.1, 0.15) is 0 Å². The third-order valence-corrected chi connectivity index (χ3v) is 9.43. The van der Waals surface area contributed by atoms with Gasteiger partial charge < -0.3 is 10.3 Å². The first-order valence-electron chi connectivity index (χ1n) is 13.1. The third kappa shape index (κ3) is 3.84. The molecule has 0 atom stereocenters. The number of amides is 1. The molecule has 4 saturated carbocycles. The monoisotopic (exact) mass is 497 g/mol. The third-order valence-electron chi connectivity index (χ3n) is 8.50. The maximum absolute atomic E-state index is 13.2. The molecule has 4 fully saturated rings. The molecule has 4 bridgehead atoms. The van der Waals surface area contributed by atoms with Crippen LogP contribution in [0.4, 0.5) is 0 Å². The van der Waals surface area contributed by atoms with Crippen molar-refractivity contribution >= 4 is 28.6 Å². The number of benzene rings is 2. The van der Waals surface area contributed by atoms with E-state index in [0.29, 0.717) is 5.75 Å². The predicted molar refractivity (Wildman–Crippen MR) is 143 cm³/mol. The van der Waals surface area contributed by atoms with Crippen LogP contribution < -0.4 is 5.32 Å². The number of thioether (sulfide) groups is 1. The van der Waals surface area contributed by atoms with Crippen LogP contribution in [0.5, 0.6) is 0 Å². The van der Waals surface area contributed by atoms with Crippen molar-refractivity contribution in [1.82, 2.24) is 25.1 Å². The number of carbonyl (C=O) groups is 1. The Labute approximate surface area is 215 Å². The van der Waals surface area contributed by atoms with Gasteiger partial charge in [0.15, 0.2) is 11.0 Å². The first-order valence-corrected chi connectivity index (χ1v) is 14.1. The van der Waals surface area contributed by atoms with Crippen molar-refractivity contribution in [3.8, 4) is 17.1 Å². The molecular formula is C29H31N5OS.